The molecule has 0 radical (unpaired) electrons. The number of nitro benzene ring substituents is 1. The van der Waals surface area contributed by atoms with Gasteiger partial charge in [-0.15, -0.1) is 0 Å². The topological polar surface area (TPSA) is 61.6 Å². The maximum Gasteiger partial charge on any atom is 0.494 e. The first-order chi connectivity index (χ1) is 8.40. The molecule has 6 heteroatoms. The lowest BCUT2D eigenvalue weighted by Gasteiger charge is -2.19. The third-order valence-corrected chi connectivity index (χ3v) is 2.17. The predicted octanol–water partition coefficient (Wildman–Crippen LogP) is 2.14. The molecule has 0 bridgehead atoms. The molecule has 0 atom stereocenters. The first-order valence-corrected chi connectivity index (χ1v) is 5.95. The number of benzene rings is 1. The number of nitrogens with zero attached hydrogens (tertiary/aromatic N) is 1. The fraction of sp³-hybridized carbons (Fsp3) is 0.500. The normalized spacial score (nSPS) is 11.0. The minimum atomic E-state index is -0.495. The van der Waals surface area contributed by atoms with E-state index in [0.717, 1.165) is 5.46 Å². The molecule has 0 N–H and O–H groups in total. The summed E-state index contributed by atoms with van der Waals surface area (Å²) in [4.78, 5) is 10.2. The third kappa shape index (κ3) is 4.47. The van der Waals surface area contributed by atoms with Crippen LogP contribution in [0.4, 0.5) is 5.69 Å². The van der Waals surface area contributed by atoms with Gasteiger partial charge in [0, 0.05) is 24.3 Å². The molecule has 0 heterocycles. The highest BCUT2D eigenvalue weighted by Gasteiger charge is 2.24. The fourth-order valence-corrected chi connectivity index (χ4v) is 1.44. The van der Waals surface area contributed by atoms with Gasteiger partial charge in [0.1, 0.15) is 0 Å². The van der Waals surface area contributed by atoms with Crippen LogP contribution in [0.5, 0.6) is 0 Å². The van der Waals surface area contributed by atoms with Crippen LogP contribution in [-0.2, 0) is 9.31 Å². The number of hydrogen-bond acceptors (Lipinski definition) is 4. The molecule has 0 saturated carbocycles. The molecule has 0 saturated heterocycles. The molecule has 0 aliphatic heterocycles. The first kappa shape index (κ1) is 14.7. The van der Waals surface area contributed by atoms with Crippen LogP contribution in [0.15, 0.2) is 24.3 Å². The van der Waals surface area contributed by atoms with Gasteiger partial charge >= 0.3 is 7.12 Å². The van der Waals surface area contributed by atoms with Crippen LogP contribution in [0, 0.1) is 10.1 Å². The van der Waals surface area contributed by atoms with Crippen molar-refractivity contribution in [3.05, 3.63) is 34.4 Å². The van der Waals surface area contributed by atoms with Crippen LogP contribution in [0.1, 0.15) is 27.7 Å². The highest BCUT2D eigenvalue weighted by molar-refractivity contribution is 6.61. The zero-order valence-corrected chi connectivity index (χ0v) is 11.1. The van der Waals surface area contributed by atoms with E-state index >= 15 is 0 Å². The molecule has 0 fully saturated rings. The smallest absolute Gasteiger partial charge is 0.405 e. The standard InChI is InChI=1S/C12H18BNO4/c1-9(2)17-13(18-10(3)4)11-5-7-12(8-6-11)14(15)16/h5-10H,1-4H3. The molecule has 0 aliphatic rings. The molecule has 0 unspecified atom stereocenters. The SMILES string of the molecule is CC(C)OB(OC(C)C)c1ccc([N+](=O)[O-])cc1. The highest BCUT2D eigenvalue weighted by Crippen LogP contribution is 2.09. The second-order valence-corrected chi connectivity index (χ2v) is 4.55. The van der Waals surface area contributed by atoms with Crippen molar-refractivity contribution in [1.82, 2.24) is 0 Å². The average Bonchev–Trinajstić information content (AvgIpc) is 2.27. The highest BCUT2D eigenvalue weighted by atomic mass is 16.6. The molecule has 1 aromatic carbocycles. The lowest BCUT2D eigenvalue weighted by molar-refractivity contribution is -0.384. The van der Waals surface area contributed by atoms with Gasteiger partial charge in [0.2, 0.25) is 0 Å². The largest absolute Gasteiger partial charge is 0.494 e. The van der Waals surface area contributed by atoms with Crippen LogP contribution in [0.3, 0.4) is 0 Å². The van der Waals surface area contributed by atoms with Crippen molar-refractivity contribution < 1.29 is 14.2 Å². The summed E-state index contributed by atoms with van der Waals surface area (Å²) in [6.45, 7) is 7.67. The summed E-state index contributed by atoms with van der Waals surface area (Å²) in [5.74, 6) is 0. The second kappa shape index (κ2) is 6.51. The molecular weight excluding hydrogens is 233 g/mol. The van der Waals surface area contributed by atoms with Gasteiger partial charge in [-0.1, -0.05) is 12.1 Å². The van der Waals surface area contributed by atoms with Crippen molar-refractivity contribution in [3.8, 4) is 0 Å². The van der Waals surface area contributed by atoms with E-state index in [9.17, 15) is 10.1 Å². The van der Waals surface area contributed by atoms with Crippen molar-refractivity contribution in [2.24, 2.45) is 0 Å². The van der Waals surface area contributed by atoms with Crippen molar-refractivity contribution >= 4 is 18.3 Å². The summed E-state index contributed by atoms with van der Waals surface area (Å²) < 4.78 is 11.3. The molecule has 5 nitrogen and oxygen atoms in total. The minimum absolute atomic E-state index is 0.0175. The number of hydrogen-bond donors (Lipinski definition) is 0. The Morgan fingerprint density at radius 3 is 1.83 bits per heavy atom. The first-order valence-electron chi connectivity index (χ1n) is 5.95. The van der Waals surface area contributed by atoms with E-state index in [4.69, 9.17) is 9.31 Å². The Morgan fingerprint density at radius 2 is 1.50 bits per heavy atom. The van der Waals surface area contributed by atoms with Crippen molar-refractivity contribution in [1.29, 1.82) is 0 Å². The quantitative estimate of drug-likeness (QED) is 0.441. The molecule has 1 rings (SSSR count). The van der Waals surface area contributed by atoms with E-state index in [1.54, 1.807) is 12.1 Å². The van der Waals surface area contributed by atoms with E-state index in [1.165, 1.54) is 12.1 Å². The summed E-state index contributed by atoms with van der Waals surface area (Å²) in [5.41, 5.74) is 0.842. The van der Waals surface area contributed by atoms with E-state index < -0.39 is 12.0 Å². The lowest BCUT2D eigenvalue weighted by atomic mass is 9.78. The van der Waals surface area contributed by atoms with Gasteiger partial charge < -0.3 is 9.31 Å². The Balaban J connectivity index is 2.87. The second-order valence-electron chi connectivity index (χ2n) is 4.55. The van der Waals surface area contributed by atoms with Crippen LogP contribution < -0.4 is 5.46 Å². The molecule has 0 spiro atoms. The maximum absolute atomic E-state index is 10.6. The Labute approximate surface area is 107 Å². The Morgan fingerprint density at radius 1 is 1.06 bits per heavy atom. The van der Waals surface area contributed by atoms with Gasteiger partial charge in [0.25, 0.3) is 5.69 Å². The lowest BCUT2D eigenvalue weighted by Crippen LogP contribution is -2.40. The summed E-state index contributed by atoms with van der Waals surface area (Å²) in [6.07, 6.45) is 0.0351. The monoisotopic (exact) mass is 251 g/mol. The molecule has 0 amide bonds. The molecule has 98 valence electrons. The van der Waals surface area contributed by atoms with Gasteiger partial charge in [-0.25, -0.2) is 0 Å². The van der Waals surface area contributed by atoms with Crippen LogP contribution in [0.25, 0.3) is 0 Å². The van der Waals surface area contributed by atoms with Gasteiger partial charge in [-0.3, -0.25) is 10.1 Å². The molecule has 1 aromatic rings. The van der Waals surface area contributed by atoms with Gasteiger partial charge in [0.05, 0.1) is 4.92 Å². The summed E-state index contributed by atoms with van der Waals surface area (Å²) >= 11 is 0. The Bertz CT molecular complexity index is 382. The maximum atomic E-state index is 10.6. The average molecular weight is 251 g/mol. The van der Waals surface area contributed by atoms with Crippen molar-refractivity contribution in [2.75, 3.05) is 0 Å². The Hall–Kier alpha value is -1.40. The summed E-state index contributed by atoms with van der Waals surface area (Å²) in [7, 11) is -0.495. The van der Waals surface area contributed by atoms with E-state index in [-0.39, 0.29) is 17.9 Å². The number of non-ortho nitro benzene ring substituents is 1. The van der Waals surface area contributed by atoms with E-state index in [2.05, 4.69) is 0 Å². The van der Waals surface area contributed by atoms with Crippen LogP contribution >= 0.6 is 0 Å². The zero-order chi connectivity index (χ0) is 13.7. The van der Waals surface area contributed by atoms with Crippen molar-refractivity contribution in [2.45, 2.75) is 39.9 Å². The van der Waals surface area contributed by atoms with Gasteiger partial charge in [0.15, 0.2) is 0 Å². The van der Waals surface area contributed by atoms with Crippen LogP contribution in [0.2, 0.25) is 0 Å². The zero-order valence-electron chi connectivity index (χ0n) is 11.1. The molecule has 0 aliphatic carbocycles. The third-order valence-electron chi connectivity index (χ3n) is 2.17. The predicted molar refractivity (Wildman–Crippen MR) is 70.9 cm³/mol. The van der Waals surface area contributed by atoms with Gasteiger partial charge in [-0.2, -0.15) is 0 Å². The van der Waals surface area contributed by atoms with Crippen molar-refractivity contribution in [3.63, 3.8) is 0 Å². The summed E-state index contributed by atoms with van der Waals surface area (Å²) in [5, 5.41) is 10.6. The molecule has 18 heavy (non-hydrogen) atoms. The van der Waals surface area contributed by atoms with E-state index in [1.807, 2.05) is 27.7 Å². The van der Waals surface area contributed by atoms with E-state index in [0.29, 0.717) is 0 Å². The molecule has 0 aromatic heterocycles. The fourth-order valence-electron chi connectivity index (χ4n) is 1.44. The number of nitro groups is 1. The molecular formula is C12H18BNO4. The minimum Gasteiger partial charge on any atom is -0.405 e. The van der Waals surface area contributed by atoms with Crippen LogP contribution in [-0.4, -0.2) is 24.2 Å². The number of rotatable bonds is 6. The van der Waals surface area contributed by atoms with Gasteiger partial charge in [-0.05, 0) is 33.2 Å². The Kier molecular flexibility index (Phi) is 5.31. The summed E-state index contributed by atoms with van der Waals surface area (Å²) in [6, 6.07) is 6.23.